The molecule has 0 aliphatic carbocycles. The lowest BCUT2D eigenvalue weighted by molar-refractivity contribution is 0.102. The molecule has 2 atom stereocenters. The number of nitrogens with one attached hydrogen (secondary N) is 1. The van der Waals surface area contributed by atoms with E-state index in [1.807, 2.05) is 11.8 Å². The van der Waals surface area contributed by atoms with Gasteiger partial charge in [-0.25, -0.2) is 4.98 Å². The van der Waals surface area contributed by atoms with Crippen molar-refractivity contribution in [1.82, 2.24) is 4.98 Å². The summed E-state index contributed by atoms with van der Waals surface area (Å²) in [5.74, 6) is 1.03. The number of amidine groups is 1. The first-order valence-electron chi connectivity index (χ1n) is 5.82. The molecular formula is C12H18N4O. The molecule has 1 aliphatic heterocycles. The Hall–Kier alpha value is -1.62. The van der Waals surface area contributed by atoms with Crippen LogP contribution in [0.3, 0.4) is 0 Å². The number of β-amino-alcohol motifs (C(OH)–C–C–N with tert-alkyl or cyclic N) is 1. The maximum absolute atomic E-state index is 9.88. The molecule has 4 N–H and O–H groups in total. The van der Waals surface area contributed by atoms with E-state index in [-0.39, 0.29) is 11.9 Å². The van der Waals surface area contributed by atoms with Crippen molar-refractivity contribution in [3.63, 3.8) is 0 Å². The Morgan fingerprint density at radius 1 is 1.65 bits per heavy atom. The second-order valence-electron chi connectivity index (χ2n) is 4.57. The van der Waals surface area contributed by atoms with Gasteiger partial charge in [0, 0.05) is 19.3 Å². The predicted molar refractivity (Wildman–Crippen MR) is 67.3 cm³/mol. The lowest BCUT2D eigenvalue weighted by atomic mass is 9.96. The molecule has 2 rings (SSSR count). The van der Waals surface area contributed by atoms with Crippen LogP contribution in [0.5, 0.6) is 0 Å². The van der Waals surface area contributed by atoms with Crippen molar-refractivity contribution in [3.05, 3.63) is 23.9 Å². The highest BCUT2D eigenvalue weighted by Gasteiger charge is 2.26. The van der Waals surface area contributed by atoms with Gasteiger partial charge in [0.2, 0.25) is 0 Å². The molecule has 1 aromatic rings. The molecule has 5 heteroatoms. The smallest absolute Gasteiger partial charge is 0.139 e. The Kier molecular flexibility index (Phi) is 3.28. The SMILES string of the molecule is CC1CCN(c2ncccc2C(=N)N)CC1O. The first kappa shape index (κ1) is 11.9. The Morgan fingerprint density at radius 3 is 3.06 bits per heavy atom. The van der Waals surface area contributed by atoms with Crippen LogP contribution in [0.1, 0.15) is 18.9 Å². The molecule has 1 aromatic heterocycles. The minimum atomic E-state index is -0.342. The summed E-state index contributed by atoms with van der Waals surface area (Å²) < 4.78 is 0. The third kappa shape index (κ3) is 2.39. The average molecular weight is 234 g/mol. The third-order valence-electron chi connectivity index (χ3n) is 3.30. The Balaban J connectivity index is 2.25. The second-order valence-corrected chi connectivity index (χ2v) is 4.57. The Bertz CT molecular complexity index is 421. The number of aromatic nitrogens is 1. The normalized spacial score (nSPS) is 24.7. The highest BCUT2D eigenvalue weighted by Crippen LogP contribution is 2.24. The van der Waals surface area contributed by atoms with E-state index < -0.39 is 0 Å². The lowest BCUT2D eigenvalue weighted by Gasteiger charge is -2.35. The first-order chi connectivity index (χ1) is 8.09. The fourth-order valence-electron chi connectivity index (χ4n) is 2.10. The highest BCUT2D eigenvalue weighted by molar-refractivity contribution is 5.99. The second kappa shape index (κ2) is 4.71. The highest BCUT2D eigenvalue weighted by atomic mass is 16.3. The zero-order valence-electron chi connectivity index (χ0n) is 9.93. The topological polar surface area (TPSA) is 86.2 Å². The third-order valence-corrected chi connectivity index (χ3v) is 3.30. The van der Waals surface area contributed by atoms with Crippen molar-refractivity contribution in [2.45, 2.75) is 19.4 Å². The molecule has 2 unspecified atom stereocenters. The van der Waals surface area contributed by atoms with E-state index in [2.05, 4.69) is 4.98 Å². The number of aliphatic hydroxyl groups excluding tert-OH is 1. The molecule has 17 heavy (non-hydrogen) atoms. The molecular weight excluding hydrogens is 216 g/mol. The van der Waals surface area contributed by atoms with Gasteiger partial charge in [-0.1, -0.05) is 6.92 Å². The summed E-state index contributed by atoms with van der Waals surface area (Å²) in [5, 5.41) is 17.4. The van der Waals surface area contributed by atoms with Crippen molar-refractivity contribution < 1.29 is 5.11 Å². The molecule has 0 spiro atoms. The minimum Gasteiger partial charge on any atom is -0.391 e. The molecule has 1 fully saturated rings. The molecule has 0 aromatic carbocycles. The minimum absolute atomic E-state index is 0.0150. The van der Waals surface area contributed by atoms with Crippen LogP contribution in [0.25, 0.3) is 0 Å². The van der Waals surface area contributed by atoms with Crippen LogP contribution < -0.4 is 10.6 Å². The van der Waals surface area contributed by atoms with Gasteiger partial charge in [-0.3, -0.25) is 5.41 Å². The van der Waals surface area contributed by atoms with Crippen molar-refractivity contribution in [1.29, 1.82) is 5.41 Å². The van der Waals surface area contributed by atoms with E-state index in [4.69, 9.17) is 11.1 Å². The van der Waals surface area contributed by atoms with Crippen molar-refractivity contribution in [2.75, 3.05) is 18.0 Å². The molecule has 1 saturated heterocycles. The van der Waals surface area contributed by atoms with E-state index in [0.717, 1.165) is 13.0 Å². The largest absolute Gasteiger partial charge is 0.391 e. The fraction of sp³-hybridized carbons (Fsp3) is 0.500. The van der Waals surface area contributed by atoms with E-state index in [1.165, 1.54) is 0 Å². The van der Waals surface area contributed by atoms with Crippen LogP contribution in [0.2, 0.25) is 0 Å². The summed E-state index contributed by atoms with van der Waals surface area (Å²) in [4.78, 5) is 6.28. The van der Waals surface area contributed by atoms with Crippen LogP contribution >= 0.6 is 0 Å². The Morgan fingerprint density at radius 2 is 2.41 bits per heavy atom. The molecule has 1 aliphatic rings. The quantitative estimate of drug-likeness (QED) is 0.516. The zero-order chi connectivity index (χ0) is 12.4. The van der Waals surface area contributed by atoms with Crippen LogP contribution in [0, 0.1) is 11.3 Å². The molecule has 0 saturated carbocycles. The van der Waals surface area contributed by atoms with Crippen molar-refractivity contribution in [2.24, 2.45) is 11.7 Å². The number of aliphatic hydroxyl groups is 1. The number of hydrogen-bond acceptors (Lipinski definition) is 4. The summed E-state index contributed by atoms with van der Waals surface area (Å²) in [6.07, 6.45) is 2.27. The maximum Gasteiger partial charge on any atom is 0.139 e. The standard InChI is InChI=1S/C12H18N4O/c1-8-4-6-16(7-10(8)17)12-9(11(13)14)3-2-5-15-12/h2-3,5,8,10,17H,4,6-7H2,1H3,(H3,13,14). The van der Waals surface area contributed by atoms with Crippen LogP contribution in [0.4, 0.5) is 5.82 Å². The summed E-state index contributed by atoms with van der Waals surface area (Å²) >= 11 is 0. The lowest BCUT2D eigenvalue weighted by Crippen LogP contribution is -2.44. The summed E-state index contributed by atoms with van der Waals surface area (Å²) in [5.41, 5.74) is 6.17. The van der Waals surface area contributed by atoms with Crippen molar-refractivity contribution >= 4 is 11.7 Å². The number of hydrogen-bond donors (Lipinski definition) is 3. The van der Waals surface area contributed by atoms with Gasteiger partial charge in [0.15, 0.2) is 0 Å². The fourth-order valence-corrected chi connectivity index (χ4v) is 2.10. The van der Waals surface area contributed by atoms with E-state index in [0.29, 0.717) is 23.8 Å². The number of nitrogens with two attached hydrogens (primary N) is 1. The molecule has 0 amide bonds. The van der Waals surface area contributed by atoms with E-state index >= 15 is 0 Å². The Labute approximate surface area is 101 Å². The summed E-state index contributed by atoms with van der Waals surface area (Å²) in [7, 11) is 0. The molecule has 92 valence electrons. The average Bonchev–Trinajstić information content (AvgIpc) is 2.32. The van der Waals surface area contributed by atoms with Crippen LogP contribution in [-0.2, 0) is 0 Å². The predicted octanol–water partition coefficient (Wildman–Crippen LogP) is 0.573. The van der Waals surface area contributed by atoms with Gasteiger partial charge < -0.3 is 15.7 Å². The van der Waals surface area contributed by atoms with Crippen LogP contribution in [0.15, 0.2) is 18.3 Å². The van der Waals surface area contributed by atoms with Gasteiger partial charge in [-0.15, -0.1) is 0 Å². The molecule has 2 heterocycles. The number of nitrogen functional groups attached to an aromatic ring is 1. The van der Waals surface area contributed by atoms with Crippen LogP contribution in [-0.4, -0.2) is 35.1 Å². The van der Waals surface area contributed by atoms with E-state index in [1.54, 1.807) is 18.3 Å². The van der Waals surface area contributed by atoms with Gasteiger partial charge in [-0.2, -0.15) is 0 Å². The molecule has 0 bridgehead atoms. The first-order valence-corrected chi connectivity index (χ1v) is 5.82. The summed E-state index contributed by atoms with van der Waals surface area (Å²) in [6.45, 7) is 3.44. The van der Waals surface area contributed by atoms with Gasteiger partial charge in [0.05, 0.1) is 11.7 Å². The maximum atomic E-state index is 9.88. The van der Waals surface area contributed by atoms with Gasteiger partial charge in [-0.05, 0) is 24.5 Å². The molecule has 5 nitrogen and oxygen atoms in total. The number of piperidine rings is 1. The number of rotatable bonds is 2. The number of pyridine rings is 1. The van der Waals surface area contributed by atoms with Gasteiger partial charge in [0.1, 0.15) is 11.7 Å². The summed E-state index contributed by atoms with van der Waals surface area (Å²) in [6, 6.07) is 3.55. The number of nitrogens with zero attached hydrogens (tertiary/aromatic N) is 2. The zero-order valence-corrected chi connectivity index (χ0v) is 9.93. The van der Waals surface area contributed by atoms with Crippen molar-refractivity contribution in [3.8, 4) is 0 Å². The molecule has 0 radical (unpaired) electrons. The van der Waals surface area contributed by atoms with Gasteiger partial charge >= 0.3 is 0 Å². The monoisotopic (exact) mass is 234 g/mol. The van der Waals surface area contributed by atoms with E-state index in [9.17, 15) is 5.11 Å². The van der Waals surface area contributed by atoms with Gasteiger partial charge in [0.25, 0.3) is 0 Å². The number of anilines is 1.